The van der Waals surface area contributed by atoms with E-state index >= 15 is 0 Å². The summed E-state index contributed by atoms with van der Waals surface area (Å²) < 4.78 is 23.5. The normalized spacial score (nSPS) is 11.2. The van der Waals surface area contributed by atoms with Gasteiger partial charge in [0.15, 0.2) is 21.5 Å². The van der Waals surface area contributed by atoms with E-state index in [4.69, 9.17) is 0 Å². The molecule has 1 N–H and O–H groups in total. The van der Waals surface area contributed by atoms with Crippen molar-refractivity contribution in [2.24, 2.45) is 0 Å². The molecule has 0 saturated heterocycles. The molecule has 0 radical (unpaired) electrons. The lowest BCUT2D eigenvalue weighted by Crippen LogP contribution is -2.15. The molecule has 2 aromatic rings. The van der Waals surface area contributed by atoms with Crippen LogP contribution in [0.4, 0.5) is 11.6 Å². The number of hydrogen-bond donors (Lipinski definition) is 1. The molecule has 118 valence electrons. The summed E-state index contributed by atoms with van der Waals surface area (Å²) >= 11 is 0. The average Bonchev–Trinajstić information content (AvgIpc) is 2.53. The first-order valence-electron chi connectivity index (χ1n) is 6.98. The molecule has 0 unspecified atom stereocenters. The molecule has 0 bridgehead atoms. The monoisotopic (exact) mass is 320 g/mol. The second-order valence-corrected chi connectivity index (χ2v) is 7.30. The Labute approximate surface area is 131 Å². The topological polar surface area (TPSA) is 75.2 Å². The lowest BCUT2D eigenvalue weighted by molar-refractivity contribution is 0.597. The fourth-order valence-corrected chi connectivity index (χ4v) is 2.83. The van der Waals surface area contributed by atoms with Crippen LogP contribution in [0.1, 0.15) is 12.5 Å². The Kier molecular flexibility index (Phi) is 4.97. The van der Waals surface area contributed by atoms with Crippen molar-refractivity contribution in [3.8, 4) is 0 Å². The Morgan fingerprint density at radius 1 is 1.09 bits per heavy atom. The lowest BCUT2D eigenvalue weighted by atomic mass is 10.2. The summed E-state index contributed by atoms with van der Waals surface area (Å²) in [6.45, 7) is 2.19. The van der Waals surface area contributed by atoms with Crippen LogP contribution in [0, 0.1) is 0 Å². The Morgan fingerprint density at radius 2 is 1.73 bits per heavy atom. The van der Waals surface area contributed by atoms with Crippen molar-refractivity contribution in [1.82, 2.24) is 9.97 Å². The van der Waals surface area contributed by atoms with Gasteiger partial charge in [-0.2, -0.15) is 0 Å². The third kappa shape index (κ3) is 3.73. The van der Waals surface area contributed by atoms with E-state index in [0.717, 1.165) is 11.4 Å². The highest BCUT2D eigenvalue weighted by atomic mass is 32.2. The van der Waals surface area contributed by atoms with Crippen LogP contribution in [0.25, 0.3) is 0 Å². The average molecular weight is 320 g/mol. The zero-order valence-electron chi connectivity index (χ0n) is 12.9. The third-order valence-corrected chi connectivity index (χ3v) is 4.98. The Hall–Kier alpha value is -2.15. The number of aromatic nitrogens is 2. The first kappa shape index (κ1) is 16.2. The van der Waals surface area contributed by atoms with Crippen molar-refractivity contribution >= 4 is 21.5 Å². The molecule has 0 fully saturated rings. The highest BCUT2D eigenvalue weighted by Gasteiger charge is 2.11. The van der Waals surface area contributed by atoms with Gasteiger partial charge in [0.25, 0.3) is 0 Å². The minimum atomic E-state index is -3.15. The summed E-state index contributed by atoms with van der Waals surface area (Å²) in [4.78, 5) is 10.8. The maximum Gasteiger partial charge on any atom is 0.178 e. The van der Waals surface area contributed by atoms with Crippen LogP contribution >= 0.6 is 0 Å². The molecule has 0 saturated carbocycles. The number of nitrogens with zero attached hydrogens (tertiary/aromatic N) is 3. The number of benzene rings is 1. The predicted molar refractivity (Wildman–Crippen MR) is 87.9 cm³/mol. The van der Waals surface area contributed by atoms with Gasteiger partial charge in [0.2, 0.25) is 0 Å². The van der Waals surface area contributed by atoms with Gasteiger partial charge in [0.1, 0.15) is 0 Å². The smallest absolute Gasteiger partial charge is 0.178 e. The van der Waals surface area contributed by atoms with Crippen molar-refractivity contribution in [2.75, 3.05) is 30.1 Å². The molecule has 0 aliphatic heterocycles. The van der Waals surface area contributed by atoms with Crippen LogP contribution in [0.2, 0.25) is 0 Å². The van der Waals surface area contributed by atoms with E-state index < -0.39 is 9.84 Å². The molecular formula is C15H20N4O2S. The van der Waals surface area contributed by atoms with Crippen molar-refractivity contribution < 1.29 is 8.42 Å². The van der Waals surface area contributed by atoms with Crippen LogP contribution in [-0.4, -0.2) is 38.2 Å². The summed E-state index contributed by atoms with van der Waals surface area (Å²) in [6.07, 6.45) is 3.27. The number of hydrogen-bond acceptors (Lipinski definition) is 6. The van der Waals surface area contributed by atoms with Crippen molar-refractivity contribution in [1.29, 1.82) is 0 Å². The SMILES string of the molecule is CCS(=O)(=O)c1ccc(CNc2nccnc2N(C)C)cc1. The number of sulfone groups is 1. The summed E-state index contributed by atoms with van der Waals surface area (Å²) in [7, 11) is 0.655. The van der Waals surface area contributed by atoms with Crippen molar-refractivity contribution in [2.45, 2.75) is 18.4 Å². The fraction of sp³-hybridized carbons (Fsp3) is 0.333. The number of rotatable bonds is 6. The van der Waals surface area contributed by atoms with Gasteiger partial charge >= 0.3 is 0 Å². The van der Waals surface area contributed by atoms with Crippen LogP contribution in [-0.2, 0) is 16.4 Å². The molecule has 0 amide bonds. The van der Waals surface area contributed by atoms with Gasteiger partial charge in [-0.15, -0.1) is 0 Å². The van der Waals surface area contributed by atoms with E-state index in [1.807, 2.05) is 19.0 Å². The molecule has 6 nitrogen and oxygen atoms in total. The van der Waals surface area contributed by atoms with Gasteiger partial charge in [-0.25, -0.2) is 18.4 Å². The maximum atomic E-state index is 11.8. The molecule has 0 aliphatic carbocycles. The van der Waals surface area contributed by atoms with Crippen LogP contribution in [0.3, 0.4) is 0 Å². The maximum absolute atomic E-state index is 11.8. The molecule has 0 spiro atoms. The van der Waals surface area contributed by atoms with Gasteiger partial charge in [0.05, 0.1) is 10.6 Å². The number of nitrogens with one attached hydrogen (secondary N) is 1. The number of anilines is 2. The Balaban J connectivity index is 2.10. The van der Waals surface area contributed by atoms with Gasteiger partial charge in [0, 0.05) is 33.0 Å². The van der Waals surface area contributed by atoms with Gasteiger partial charge in [-0.05, 0) is 17.7 Å². The minimum Gasteiger partial charge on any atom is -0.363 e. The summed E-state index contributed by atoms with van der Waals surface area (Å²) in [5.74, 6) is 1.56. The first-order chi connectivity index (χ1) is 10.4. The van der Waals surface area contributed by atoms with E-state index in [1.54, 1.807) is 43.6 Å². The van der Waals surface area contributed by atoms with Crippen LogP contribution in [0.15, 0.2) is 41.6 Å². The first-order valence-corrected chi connectivity index (χ1v) is 8.63. The van der Waals surface area contributed by atoms with Gasteiger partial charge < -0.3 is 10.2 Å². The molecule has 2 rings (SSSR count). The van der Waals surface area contributed by atoms with Crippen molar-refractivity contribution in [3.63, 3.8) is 0 Å². The van der Waals surface area contributed by atoms with Gasteiger partial charge in [-0.1, -0.05) is 19.1 Å². The molecule has 0 aliphatic rings. The highest BCUT2D eigenvalue weighted by molar-refractivity contribution is 7.91. The zero-order valence-corrected chi connectivity index (χ0v) is 13.8. The molecule has 22 heavy (non-hydrogen) atoms. The zero-order chi connectivity index (χ0) is 16.2. The quantitative estimate of drug-likeness (QED) is 0.877. The van der Waals surface area contributed by atoms with Crippen LogP contribution in [0.5, 0.6) is 0 Å². The third-order valence-electron chi connectivity index (χ3n) is 3.22. The Morgan fingerprint density at radius 3 is 2.32 bits per heavy atom. The summed E-state index contributed by atoms with van der Waals surface area (Å²) in [6, 6.07) is 6.89. The summed E-state index contributed by atoms with van der Waals surface area (Å²) in [5, 5.41) is 3.22. The van der Waals surface area contributed by atoms with E-state index in [0.29, 0.717) is 17.3 Å². The molecule has 1 aromatic heterocycles. The second-order valence-electron chi connectivity index (χ2n) is 5.02. The molecule has 1 heterocycles. The molecular weight excluding hydrogens is 300 g/mol. The van der Waals surface area contributed by atoms with E-state index in [1.165, 1.54) is 0 Å². The second kappa shape index (κ2) is 6.74. The minimum absolute atomic E-state index is 0.108. The Bertz CT molecular complexity index is 727. The largest absolute Gasteiger partial charge is 0.363 e. The van der Waals surface area contributed by atoms with E-state index in [9.17, 15) is 8.42 Å². The van der Waals surface area contributed by atoms with E-state index in [-0.39, 0.29) is 5.75 Å². The van der Waals surface area contributed by atoms with Crippen molar-refractivity contribution in [3.05, 3.63) is 42.2 Å². The van der Waals surface area contributed by atoms with Gasteiger partial charge in [-0.3, -0.25) is 0 Å². The molecule has 7 heteroatoms. The van der Waals surface area contributed by atoms with Crippen LogP contribution < -0.4 is 10.2 Å². The standard InChI is InChI=1S/C15H20N4O2S/c1-4-22(20,21)13-7-5-12(6-8-13)11-18-14-15(19(2)3)17-10-9-16-14/h5-10H,4,11H2,1-3H3,(H,16,18). The summed E-state index contributed by atoms with van der Waals surface area (Å²) in [5.41, 5.74) is 0.977. The highest BCUT2D eigenvalue weighted by Crippen LogP contribution is 2.19. The van der Waals surface area contributed by atoms with E-state index in [2.05, 4.69) is 15.3 Å². The molecule has 1 aromatic carbocycles. The predicted octanol–water partition coefficient (Wildman–Crippen LogP) is 1.95. The lowest BCUT2D eigenvalue weighted by Gasteiger charge is -2.15. The molecule has 0 atom stereocenters. The fourth-order valence-electron chi connectivity index (χ4n) is 1.95.